The van der Waals surface area contributed by atoms with Crippen LogP contribution in [0.25, 0.3) is 0 Å². The molecular formula is C10H16F2N2O. The summed E-state index contributed by atoms with van der Waals surface area (Å²) in [5.41, 5.74) is -1.19. The zero-order chi connectivity index (χ0) is 11.1. The third kappa shape index (κ3) is 1.97. The first-order valence-electron chi connectivity index (χ1n) is 5.35. The summed E-state index contributed by atoms with van der Waals surface area (Å²) in [5.74, 6) is -0.229. The largest absolute Gasteiger partial charge is 0.344 e. The van der Waals surface area contributed by atoms with Gasteiger partial charge in [0.05, 0.1) is 6.04 Å². The Bertz CT molecular complexity index is 266. The number of rotatable bonds is 3. The predicted octanol–water partition coefficient (Wildman–Crippen LogP) is 0.994. The van der Waals surface area contributed by atoms with Gasteiger partial charge in [-0.1, -0.05) is 0 Å². The minimum absolute atomic E-state index is 0.207. The predicted molar refractivity (Wildman–Crippen MR) is 51.8 cm³/mol. The maximum atomic E-state index is 12.6. The van der Waals surface area contributed by atoms with Crippen LogP contribution >= 0.6 is 0 Å². The second-order valence-electron chi connectivity index (χ2n) is 4.58. The van der Waals surface area contributed by atoms with Gasteiger partial charge >= 0.3 is 0 Å². The van der Waals surface area contributed by atoms with E-state index in [1.807, 2.05) is 11.9 Å². The molecule has 3 nitrogen and oxygen atoms in total. The van der Waals surface area contributed by atoms with Gasteiger partial charge < -0.3 is 5.32 Å². The number of hydrogen-bond acceptors (Lipinski definition) is 2. The van der Waals surface area contributed by atoms with Crippen LogP contribution in [0.2, 0.25) is 0 Å². The molecule has 1 saturated carbocycles. The van der Waals surface area contributed by atoms with Crippen LogP contribution in [0, 0.1) is 0 Å². The van der Waals surface area contributed by atoms with Gasteiger partial charge in [0.15, 0.2) is 0 Å². The fourth-order valence-electron chi connectivity index (χ4n) is 2.10. The Morgan fingerprint density at radius 3 is 2.60 bits per heavy atom. The molecule has 0 spiro atoms. The molecule has 1 atom stereocenters. The molecule has 0 aromatic heterocycles. The van der Waals surface area contributed by atoms with Crippen molar-refractivity contribution >= 4 is 5.91 Å². The van der Waals surface area contributed by atoms with Gasteiger partial charge in [-0.3, -0.25) is 9.69 Å². The quantitative estimate of drug-likeness (QED) is 0.766. The van der Waals surface area contributed by atoms with Gasteiger partial charge in [0.1, 0.15) is 5.54 Å². The van der Waals surface area contributed by atoms with Crippen LogP contribution in [-0.4, -0.2) is 42.4 Å². The molecule has 0 radical (unpaired) electrons. The highest BCUT2D eigenvalue weighted by molar-refractivity contribution is 5.83. The topological polar surface area (TPSA) is 32.3 Å². The zero-order valence-electron chi connectivity index (χ0n) is 8.80. The van der Waals surface area contributed by atoms with Gasteiger partial charge in [-0.15, -0.1) is 0 Å². The molecule has 1 N–H and O–H groups in total. The van der Waals surface area contributed by atoms with Gasteiger partial charge in [0.25, 0.3) is 6.43 Å². The summed E-state index contributed by atoms with van der Waals surface area (Å²) in [5, 5.41) is 2.51. The van der Waals surface area contributed by atoms with Crippen LogP contribution in [0.1, 0.15) is 25.7 Å². The molecule has 1 aliphatic heterocycles. The number of likely N-dealkylation sites (N-methyl/N-ethyl adjacent to an activating group) is 1. The molecule has 1 heterocycles. The highest BCUT2D eigenvalue weighted by Crippen LogP contribution is 2.41. The van der Waals surface area contributed by atoms with Crippen molar-refractivity contribution in [2.75, 3.05) is 13.6 Å². The Morgan fingerprint density at radius 2 is 2.20 bits per heavy atom. The Kier molecular flexibility index (Phi) is 2.66. The average molecular weight is 218 g/mol. The van der Waals surface area contributed by atoms with Crippen LogP contribution in [-0.2, 0) is 4.79 Å². The average Bonchev–Trinajstić information content (AvgIpc) is 2.82. The molecule has 1 saturated heterocycles. The molecule has 5 heteroatoms. The molecule has 2 rings (SSSR count). The Labute approximate surface area is 87.8 Å². The van der Waals surface area contributed by atoms with E-state index in [1.54, 1.807) is 0 Å². The first kappa shape index (κ1) is 10.8. The molecule has 0 bridgehead atoms. The molecule has 0 aromatic rings. The number of hydrogen-bond donors (Lipinski definition) is 1. The van der Waals surface area contributed by atoms with E-state index in [4.69, 9.17) is 0 Å². The van der Waals surface area contributed by atoms with E-state index in [0.717, 1.165) is 19.4 Å². The molecule has 0 unspecified atom stereocenters. The molecule has 15 heavy (non-hydrogen) atoms. The van der Waals surface area contributed by atoms with E-state index in [1.165, 1.54) is 0 Å². The fraction of sp³-hybridized carbons (Fsp3) is 0.900. The Morgan fingerprint density at radius 1 is 1.53 bits per heavy atom. The van der Waals surface area contributed by atoms with Crippen molar-refractivity contribution in [2.24, 2.45) is 0 Å². The summed E-state index contributed by atoms with van der Waals surface area (Å²) in [6.07, 6.45) is 0.130. The highest BCUT2D eigenvalue weighted by Gasteiger charge is 2.53. The summed E-state index contributed by atoms with van der Waals surface area (Å²) in [6.45, 7) is 0.875. The van der Waals surface area contributed by atoms with Crippen LogP contribution in [0.5, 0.6) is 0 Å². The lowest BCUT2D eigenvalue weighted by atomic mass is 10.2. The number of alkyl halides is 2. The highest BCUT2D eigenvalue weighted by atomic mass is 19.3. The minimum Gasteiger partial charge on any atom is -0.344 e. The van der Waals surface area contributed by atoms with E-state index in [0.29, 0.717) is 12.8 Å². The van der Waals surface area contributed by atoms with Crippen molar-refractivity contribution in [3.63, 3.8) is 0 Å². The standard InChI is InChI=1S/C10H16F2N2O/c1-14-6-2-3-7(14)8(15)13-10(4-5-10)9(11)12/h7,9H,2-6H2,1H3,(H,13,15)/t7-/m1/s1. The zero-order valence-corrected chi connectivity index (χ0v) is 8.80. The lowest BCUT2D eigenvalue weighted by Gasteiger charge is -2.23. The van der Waals surface area contributed by atoms with Crippen molar-refractivity contribution in [1.82, 2.24) is 10.2 Å². The molecule has 2 aliphatic rings. The number of carbonyl (C=O) groups excluding carboxylic acids is 1. The maximum absolute atomic E-state index is 12.6. The van der Waals surface area contributed by atoms with Gasteiger partial charge in [-0.2, -0.15) is 0 Å². The maximum Gasteiger partial charge on any atom is 0.261 e. The van der Waals surface area contributed by atoms with Gasteiger partial charge in [-0.05, 0) is 39.3 Å². The van der Waals surface area contributed by atoms with Crippen LogP contribution in [0.3, 0.4) is 0 Å². The molecular weight excluding hydrogens is 202 g/mol. The first-order chi connectivity index (χ1) is 7.05. The van der Waals surface area contributed by atoms with Gasteiger partial charge in [-0.25, -0.2) is 8.78 Å². The number of likely N-dealkylation sites (tertiary alicyclic amines) is 1. The minimum atomic E-state index is -2.44. The summed E-state index contributed by atoms with van der Waals surface area (Å²) >= 11 is 0. The van der Waals surface area contributed by atoms with E-state index >= 15 is 0 Å². The smallest absolute Gasteiger partial charge is 0.261 e. The number of amides is 1. The lowest BCUT2D eigenvalue weighted by Crippen LogP contribution is -2.49. The second-order valence-corrected chi connectivity index (χ2v) is 4.58. The number of nitrogens with one attached hydrogen (secondary N) is 1. The van der Waals surface area contributed by atoms with Crippen molar-refractivity contribution < 1.29 is 13.6 Å². The van der Waals surface area contributed by atoms with Crippen molar-refractivity contribution in [2.45, 2.75) is 43.7 Å². The summed E-state index contributed by atoms with van der Waals surface area (Å²) < 4.78 is 25.2. The Hall–Kier alpha value is -0.710. The third-order valence-corrected chi connectivity index (χ3v) is 3.40. The van der Waals surface area contributed by atoms with Crippen molar-refractivity contribution in [3.8, 4) is 0 Å². The summed E-state index contributed by atoms with van der Waals surface area (Å²) in [7, 11) is 1.86. The summed E-state index contributed by atoms with van der Waals surface area (Å²) in [6, 6.07) is -0.207. The molecule has 1 aliphatic carbocycles. The SMILES string of the molecule is CN1CCC[C@@H]1C(=O)NC1(C(F)F)CC1. The van der Waals surface area contributed by atoms with E-state index in [2.05, 4.69) is 5.32 Å². The van der Waals surface area contributed by atoms with Gasteiger partial charge in [0, 0.05) is 0 Å². The van der Waals surface area contributed by atoms with Crippen LogP contribution in [0.15, 0.2) is 0 Å². The number of nitrogens with zero attached hydrogens (tertiary/aromatic N) is 1. The van der Waals surface area contributed by atoms with Crippen LogP contribution < -0.4 is 5.32 Å². The van der Waals surface area contributed by atoms with Crippen LogP contribution in [0.4, 0.5) is 8.78 Å². The van der Waals surface area contributed by atoms with Crippen molar-refractivity contribution in [3.05, 3.63) is 0 Å². The monoisotopic (exact) mass is 218 g/mol. The lowest BCUT2D eigenvalue weighted by molar-refractivity contribution is -0.127. The Balaban J connectivity index is 1.92. The first-order valence-corrected chi connectivity index (χ1v) is 5.35. The fourth-order valence-corrected chi connectivity index (χ4v) is 2.10. The van der Waals surface area contributed by atoms with E-state index in [-0.39, 0.29) is 11.9 Å². The van der Waals surface area contributed by atoms with E-state index in [9.17, 15) is 13.6 Å². The van der Waals surface area contributed by atoms with Crippen molar-refractivity contribution in [1.29, 1.82) is 0 Å². The molecule has 86 valence electrons. The van der Waals surface area contributed by atoms with Gasteiger partial charge in [0.2, 0.25) is 5.91 Å². The number of halogens is 2. The second kappa shape index (κ2) is 3.70. The normalized spacial score (nSPS) is 29.5. The third-order valence-electron chi connectivity index (χ3n) is 3.40. The summed E-state index contributed by atoms with van der Waals surface area (Å²) in [4.78, 5) is 13.7. The molecule has 0 aromatic carbocycles. The van der Waals surface area contributed by atoms with E-state index < -0.39 is 12.0 Å². The molecule has 2 fully saturated rings. The molecule has 1 amide bonds. The number of carbonyl (C=O) groups is 1.